The van der Waals surface area contributed by atoms with E-state index in [1.54, 1.807) is 0 Å². The van der Waals surface area contributed by atoms with Gasteiger partial charge in [-0.2, -0.15) is 0 Å². The summed E-state index contributed by atoms with van der Waals surface area (Å²) in [5.74, 6) is 0.0586. The number of rotatable bonds is 3. The average Bonchev–Trinajstić information content (AvgIpc) is 3.01. The Hall–Kier alpha value is -2.82. The number of carbonyl (C=O) groups is 1. The van der Waals surface area contributed by atoms with Crippen LogP contribution in [0.1, 0.15) is 35.6 Å². The average molecular weight is 306 g/mol. The summed E-state index contributed by atoms with van der Waals surface area (Å²) in [5.41, 5.74) is 3.33. The zero-order chi connectivity index (χ0) is 15.8. The van der Waals surface area contributed by atoms with E-state index in [1.165, 1.54) is 0 Å². The minimum absolute atomic E-state index is 0.0586. The first kappa shape index (κ1) is 13.8. The fourth-order valence-electron chi connectivity index (χ4n) is 3.08. The van der Waals surface area contributed by atoms with Crippen LogP contribution >= 0.6 is 0 Å². The van der Waals surface area contributed by atoms with Crippen molar-refractivity contribution in [2.24, 2.45) is 0 Å². The maximum absolute atomic E-state index is 12.9. The molecule has 1 atom stereocenters. The summed E-state index contributed by atoms with van der Waals surface area (Å²) in [4.78, 5) is 19.4. The number of carbonyl (C=O) groups excluding carboxylic acids is 1. The third-order valence-electron chi connectivity index (χ3n) is 4.15. The molecule has 0 saturated heterocycles. The second kappa shape index (κ2) is 5.43. The van der Waals surface area contributed by atoms with Gasteiger partial charge in [-0.15, -0.1) is 0 Å². The summed E-state index contributed by atoms with van der Waals surface area (Å²) >= 11 is 0. The van der Waals surface area contributed by atoms with E-state index < -0.39 is 0 Å². The number of benzene rings is 1. The number of amides is 1. The Morgan fingerprint density at radius 2 is 2.00 bits per heavy atom. The van der Waals surface area contributed by atoms with Gasteiger partial charge < -0.3 is 14.6 Å². The molecule has 3 aromatic rings. The highest BCUT2D eigenvalue weighted by Gasteiger charge is 2.33. The normalized spacial score (nSPS) is 17.2. The maximum atomic E-state index is 12.9. The van der Waals surface area contributed by atoms with Crippen LogP contribution in [0.15, 0.2) is 54.9 Å². The lowest BCUT2D eigenvalue weighted by Crippen LogP contribution is -2.43. The Morgan fingerprint density at radius 3 is 2.83 bits per heavy atom. The van der Waals surface area contributed by atoms with Crippen molar-refractivity contribution in [3.05, 3.63) is 66.1 Å². The molecule has 0 radical (unpaired) electrons. The fraction of sp³-hybridized carbons (Fsp3) is 0.222. The molecule has 1 aromatic carbocycles. The molecular weight excluding hydrogens is 288 g/mol. The van der Waals surface area contributed by atoms with E-state index in [-0.39, 0.29) is 12.1 Å². The number of fused-ring (bicyclic) bond motifs is 2. The molecule has 0 spiro atoms. The van der Waals surface area contributed by atoms with Gasteiger partial charge in [0.1, 0.15) is 17.5 Å². The van der Waals surface area contributed by atoms with Gasteiger partial charge in [0.2, 0.25) is 0 Å². The molecule has 0 bridgehead atoms. The van der Waals surface area contributed by atoms with Crippen LogP contribution in [-0.2, 0) is 0 Å². The fourth-order valence-corrected chi connectivity index (χ4v) is 3.08. The molecule has 116 valence electrons. The lowest BCUT2D eigenvalue weighted by atomic mass is 10.1. The van der Waals surface area contributed by atoms with Crippen molar-refractivity contribution in [1.82, 2.24) is 14.3 Å². The smallest absolute Gasteiger partial charge is 0.257 e. The first-order valence-electron chi connectivity index (χ1n) is 7.88. The molecule has 0 aliphatic carbocycles. The molecule has 1 aliphatic rings. The van der Waals surface area contributed by atoms with Gasteiger partial charge in [-0.05, 0) is 30.7 Å². The Kier molecular flexibility index (Phi) is 3.26. The van der Waals surface area contributed by atoms with Gasteiger partial charge in [0.15, 0.2) is 0 Å². The standard InChI is InChI=1S/C18H18N4O/c1-2-10-22-17(15-12-21-11-6-5-9-16(21)19-15)20-14-8-4-3-7-13(14)18(22)23/h3-9,11-12,17,20H,2,10H2,1H3/t17-/m1/s1. The highest BCUT2D eigenvalue weighted by atomic mass is 16.2. The minimum Gasteiger partial charge on any atom is -0.359 e. The quantitative estimate of drug-likeness (QED) is 0.807. The summed E-state index contributed by atoms with van der Waals surface area (Å²) in [7, 11) is 0. The Balaban J connectivity index is 1.80. The third-order valence-corrected chi connectivity index (χ3v) is 4.15. The van der Waals surface area contributed by atoms with Crippen LogP contribution in [0.4, 0.5) is 5.69 Å². The van der Waals surface area contributed by atoms with Gasteiger partial charge in [-0.1, -0.05) is 25.1 Å². The number of nitrogens with zero attached hydrogens (tertiary/aromatic N) is 3. The first-order valence-corrected chi connectivity index (χ1v) is 7.88. The molecule has 23 heavy (non-hydrogen) atoms. The molecule has 5 heteroatoms. The largest absolute Gasteiger partial charge is 0.359 e. The van der Waals surface area contributed by atoms with Gasteiger partial charge >= 0.3 is 0 Å². The highest BCUT2D eigenvalue weighted by Crippen LogP contribution is 2.32. The summed E-state index contributed by atoms with van der Waals surface area (Å²) < 4.78 is 1.98. The van der Waals surface area contributed by atoms with Gasteiger partial charge in [0, 0.05) is 24.6 Å². The minimum atomic E-state index is -0.239. The van der Waals surface area contributed by atoms with Crippen LogP contribution in [0, 0.1) is 0 Å². The number of pyridine rings is 1. The number of nitrogens with one attached hydrogen (secondary N) is 1. The van der Waals surface area contributed by atoms with Crippen LogP contribution < -0.4 is 5.32 Å². The van der Waals surface area contributed by atoms with Crippen molar-refractivity contribution in [1.29, 1.82) is 0 Å². The Bertz CT molecular complexity index is 837. The number of imidazole rings is 1. The molecule has 2 aromatic heterocycles. The predicted molar refractivity (Wildman–Crippen MR) is 89.3 cm³/mol. The second-order valence-electron chi connectivity index (χ2n) is 5.72. The van der Waals surface area contributed by atoms with Crippen LogP contribution in [-0.4, -0.2) is 26.7 Å². The zero-order valence-electron chi connectivity index (χ0n) is 12.9. The molecular formula is C18H18N4O. The molecule has 0 saturated carbocycles. The molecule has 1 amide bonds. The molecule has 3 heterocycles. The maximum Gasteiger partial charge on any atom is 0.257 e. The van der Waals surface area contributed by atoms with Crippen LogP contribution in [0.5, 0.6) is 0 Å². The Labute approximate surface area is 134 Å². The highest BCUT2D eigenvalue weighted by molar-refractivity contribution is 6.01. The SMILES string of the molecule is CCCN1C(=O)c2ccccc2N[C@H]1c1cn2ccccc2n1. The summed E-state index contributed by atoms with van der Waals surface area (Å²) in [6.07, 6.45) is 4.61. The molecule has 4 rings (SSSR count). The van der Waals surface area contributed by atoms with Crippen molar-refractivity contribution in [2.75, 3.05) is 11.9 Å². The van der Waals surface area contributed by atoms with E-state index in [1.807, 2.05) is 64.2 Å². The van der Waals surface area contributed by atoms with Crippen LogP contribution in [0.2, 0.25) is 0 Å². The van der Waals surface area contributed by atoms with Crippen LogP contribution in [0.25, 0.3) is 5.65 Å². The molecule has 1 aliphatic heterocycles. The molecule has 5 nitrogen and oxygen atoms in total. The van der Waals surface area contributed by atoms with Crippen molar-refractivity contribution < 1.29 is 4.79 Å². The monoisotopic (exact) mass is 306 g/mol. The van der Waals surface area contributed by atoms with Gasteiger partial charge in [0.05, 0.1) is 5.56 Å². The summed E-state index contributed by atoms with van der Waals surface area (Å²) in [6.45, 7) is 2.77. The number of aromatic nitrogens is 2. The van der Waals surface area contributed by atoms with Gasteiger partial charge in [0.25, 0.3) is 5.91 Å². The topological polar surface area (TPSA) is 49.6 Å². The lowest BCUT2D eigenvalue weighted by molar-refractivity contribution is 0.0680. The third kappa shape index (κ3) is 2.25. The summed E-state index contributed by atoms with van der Waals surface area (Å²) in [6, 6.07) is 13.5. The lowest BCUT2D eigenvalue weighted by Gasteiger charge is -2.36. The van der Waals surface area contributed by atoms with E-state index in [9.17, 15) is 4.79 Å². The van der Waals surface area contributed by atoms with E-state index in [2.05, 4.69) is 17.2 Å². The van der Waals surface area contributed by atoms with Crippen molar-refractivity contribution in [3.8, 4) is 0 Å². The predicted octanol–water partition coefficient (Wildman–Crippen LogP) is 3.31. The first-order chi connectivity index (χ1) is 11.3. The van der Waals surface area contributed by atoms with Crippen molar-refractivity contribution in [2.45, 2.75) is 19.5 Å². The van der Waals surface area contributed by atoms with Gasteiger partial charge in [-0.25, -0.2) is 4.98 Å². The number of hydrogen-bond donors (Lipinski definition) is 1. The number of hydrogen-bond acceptors (Lipinski definition) is 3. The van der Waals surface area contributed by atoms with E-state index in [0.29, 0.717) is 6.54 Å². The number of anilines is 1. The van der Waals surface area contributed by atoms with E-state index >= 15 is 0 Å². The molecule has 0 fully saturated rings. The zero-order valence-corrected chi connectivity index (χ0v) is 12.9. The van der Waals surface area contributed by atoms with E-state index in [0.717, 1.165) is 29.0 Å². The van der Waals surface area contributed by atoms with Crippen molar-refractivity contribution >= 4 is 17.2 Å². The Morgan fingerprint density at radius 1 is 1.17 bits per heavy atom. The molecule has 1 N–H and O–H groups in total. The van der Waals surface area contributed by atoms with Crippen molar-refractivity contribution in [3.63, 3.8) is 0 Å². The second-order valence-corrected chi connectivity index (χ2v) is 5.72. The molecule has 0 unspecified atom stereocenters. The summed E-state index contributed by atoms with van der Waals surface area (Å²) in [5, 5.41) is 3.47. The number of para-hydroxylation sites is 1. The van der Waals surface area contributed by atoms with Crippen LogP contribution in [0.3, 0.4) is 0 Å². The van der Waals surface area contributed by atoms with E-state index in [4.69, 9.17) is 0 Å². The van der Waals surface area contributed by atoms with Gasteiger partial charge in [-0.3, -0.25) is 4.79 Å².